The first-order valence-corrected chi connectivity index (χ1v) is 9.98. The maximum absolute atomic E-state index is 14.2. The fourth-order valence-electron chi connectivity index (χ4n) is 3.00. The number of amides is 1. The standard InChI is InChI=1S/C19H18FN7OS/c1-3-26-16-7-5-4-6-15(16)22-19(26)29-11-18(28)21-13-8-9-14(20)17(10-13)27-12(2)23-24-25-27/h4-10H,3,11H2,1-2H3,(H,21,28). The number of anilines is 1. The molecule has 0 unspecified atom stereocenters. The predicted octanol–water partition coefficient (Wildman–Crippen LogP) is 3.21. The Hall–Kier alpha value is -3.27. The first kappa shape index (κ1) is 19.1. The number of hydrogen-bond donors (Lipinski definition) is 1. The molecule has 0 saturated heterocycles. The summed E-state index contributed by atoms with van der Waals surface area (Å²) in [6.07, 6.45) is 0. The molecule has 4 aromatic rings. The molecular formula is C19H18FN7OS. The number of fused-ring (bicyclic) bond motifs is 1. The number of benzene rings is 2. The van der Waals surface area contributed by atoms with Crippen molar-refractivity contribution in [3.8, 4) is 5.69 Å². The summed E-state index contributed by atoms with van der Waals surface area (Å²) in [7, 11) is 0. The van der Waals surface area contributed by atoms with E-state index in [9.17, 15) is 9.18 Å². The minimum absolute atomic E-state index is 0.172. The third kappa shape index (κ3) is 3.83. The second kappa shape index (κ2) is 8.00. The highest BCUT2D eigenvalue weighted by Gasteiger charge is 2.14. The smallest absolute Gasteiger partial charge is 0.234 e. The molecule has 0 aliphatic heterocycles. The molecule has 0 atom stereocenters. The van der Waals surface area contributed by atoms with Crippen molar-refractivity contribution in [1.82, 2.24) is 29.8 Å². The molecule has 29 heavy (non-hydrogen) atoms. The normalized spacial score (nSPS) is 11.1. The number of tetrazole rings is 1. The third-order valence-electron chi connectivity index (χ3n) is 4.35. The average Bonchev–Trinajstić information content (AvgIpc) is 3.30. The van der Waals surface area contributed by atoms with Gasteiger partial charge in [-0.25, -0.2) is 9.37 Å². The SMILES string of the molecule is CCn1c(SCC(=O)Nc2ccc(F)c(-n3nnnc3C)c2)nc2ccccc21. The highest BCUT2D eigenvalue weighted by molar-refractivity contribution is 7.99. The number of carbonyl (C=O) groups is 1. The molecule has 0 radical (unpaired) electrons. The van der Waals surface area contributed by atoms with Gasteiger partial charge in [0.15, 0.2) is 11.0 Å². The van der Waals surface area contributed by atoms with E-state index in [1.807, 2.05) is 31.2 Å². The van der Waals surface area contributed by atoms with Gasteiger partial charge in [0.25, 0.3) is 0 Å². The second-order valence-corrected chi connectivity index (χ2v) is 7.21. The van der Waals surface area contributed by atoms with Crippen molar-refractivity contribution in [3.05, 3.63) is 54.1 Å². The van der Waals surface area contributed by atoms with Crippen LogP contribution in [0, 0.1) is 12.7 Å². The number of imidazole rings is 1. The number of halogens is 1. The molecule has 2 aromatic heterocycles. The summed E-state index contributed by atoms with van der Waals surface area (Å²) in [6, 6.07) is 12.1. The molecule has 0 fully saturated rings. The van der Waals surface area contributed by atoms with Crippen LogP contribution in [0.4, 0.5) is 10.1 Å². The van der Waals surface area contributed by atoms with E-state index in [1.165, 1.54) is 34.6 Å². The predicted molar refractivity (Wildman–Crippen MR) is 109 cm³/mol. The minimum Gasteiger partial charge on any atom is -0.325 e. The van der Waals surface area contributed by atoms with Gasteiger partial charge in [-0.2, -0.15) is 4.68 Å². The highest BCUT2D eigenvalue weighted by Crippen LogP contribution is 2.24. The Labute approximate surface area is 170 Å². The molecule has 2 heterocycles. The summed E-state index contributed by atoms with van der Waals surface area (Å²) in [4.78, 5) is 17.0. The summed E-state index contributed by atoms with van der Waals surface area (Å²) in [6.45, 7) is 4.47. The lowest BCUT2D eigenvalue weighted by atomic mass is 10.2. The van der Waals surface area contributed by atoms with E-state index < -0.39 is 5.82 Å². The van der Waals surface area contributed by atoms with Crippen LogP contribution in [-0.4, -0.2) is 41.4 Å². The number of nitrogens with one attached hydrogen (secondary N) is 1. The van der Waals surface area contributed by atoms with Crippen LogP contribution in [0.1, 0.15) is 12.7 Å². The molecule has 2 aromatic carbocycles. The van der Waals surface area contributed by atoms with Crippen LogP contribution in [0.25, 0.3) is 16.7 Å². The summed E-state index contributed by atoms with van der Waals surface area (Å²) in [5.74, 6) is -0.0681. The maximum atomic E-state index is 14.2. The van der Waals surface area contributed by atoms with Gasteiger partial charge in [0.1, 0.15) is 11.5 Å². The molecule has 0 aliphatic carbocycles. The number of aromatic nitrogens is 6. The Morgan fingerprint density at radius 1 is 1.24 bits per heavy atom. The Balaban J connectivity index is 1.48. The number of thioether (sulfide) groups is 1. The van der Waals surface area contributed by atoms with E-state index >= 15 is 0 Å². The van der Waals surface area contributed by atoms with E-state index in [2.05, 4.69) is 30.4 Å². The van der Waals surface area contributed by atoms with Gasteiger partial charge in [0, 0.05) is 12.2 Å². The van der Waals surface area contributed by atoms with E-state index in [0.717, 1.165) is 22.7 Å². The number of nitrogens with zero attached hydrogens (tertiary/aromatic N) is 6. The lowest BCUT2D eigenvalue weighted by Gasteiger charge is -2.09. The molecule has 1 N–H and O–H groups in total. The molecule has 8 nitrogen and oxygen atoms in total. The fraction of sp³-hybridized carbons (Fsp3) is 0.211. The van der Waals surface area contributed by atoms with Crippen molar-refractivity contribution in [2.24, 2.45) is 0 Å². The summed E-state index contributed by atoms with van der Waals surface area (Å²) < 4.78 is 17.5. The van der Waals surface area contributed by atoms with E-state index in [4.69, 9.17) is 0 Å². The third-order valence-corrected chi connectivity index (χ3v) is 5.33. The molecule has 148 valence electrons. The van der Waals surface area contributed by atoms with Gasteiger partial charge in [0.05, 0.1) is 16.8 Å². The van der Waals surface area contributed by atoms with Crippen LogP contribution in [-0.2, 0) is 11.3 Å². The topological polar surface area (TPSA) is 90.5 Å². The highest BCUT2D eigenvalue weighted by atomic mass is 32.2. The number of hydrogen-bond acceptors (Lipinski definition) is 6. The molecule has 10 heteroatoms. The Morgan fingerprint density at radius 3 is 2.83 bits per heavy atom. The fourth-order valence-corrected chi connectivity index (χ4v) is 3.88. The van der Waals surface area contributed by atoms with Crippen LogP contribution in [0.5, 0.6) is 0 Å². The van der Waals surface area contributed by atoms with Crippen LogP contribution in [0.2, 0.25) is 0 Å². The number of rotatable bonds is 6. The van der Waals surface area contributed by atoms with Gasteiger partial charge >= 0.3 is 0 Å². The summed E-state index contributed by atoms with van der Waals surface area (Å²) in [5, 5.41) is 14.6. The Bertz CT molecular complexity index is 1190. The zero-order valence-electron chi connectivity index (χ0n) is 15.8. The molecular weight excluding hydrogens is 393 g/mol. The van der Waals surface area contributed by atoms with Crippen molar-refractivity contribution in [2.45, 2.75) is 25.5 Å². The van der Waals surface area contributed by atoms with E-state index in [0.29, 0.717) is 11.5 Å². The number of aryl methyl sites for hydroxylation is 2. The Kier molecular flexibility index (Phi) is 5.26. The van der Waals surface area contributed by atoms with E-state index in [-0.39, 0.29) is 17.3 Å². The van der Waals surface area contributed by atoms with Gasteiger partial charge in [0.2, 0.25) is 5.91 Å². The van der Waals surface area contributed by atoms with Gasteiger partial charge in [-0.1, -0.05) is 23.9 Å². The molecule has 0 spiro atoms. The number of para-hydroxylation sites is 2. The molecule has 0 aliphatic rings. The lowest BCUT2D eigenvalue weighted by molar-refractivity contribution is -0.113. The van der Waals surface area contributed by atoms with Crippen LogP contribution < -0.4 is 5.32 Å². The zero-order chi connectivity index (χ0) is 20.4. The Morgan fingerprint density at radius 2 is 2.07 bits per heavy atom. The van der Waals surface area contributed by atoms with Crippen molar-refractivity contribution in [3.63, 3.8) is 0 Å². The molecule has 0 bridgehead atoms. The van der Waals surface area contributed by atoms with Gasteiger partial charge < -0.3 is 9.88 Å². The van der Waals surface area contributed by atoms with Gasteiger partial charge in [-0.15, -0.1) is 5.10 Å². The van der Waals surface area contributed by atoms with Crippen LogP contribution >= 0.6 is 11.8 Å². The van der Waals surface area contributed by atoms with Crippen LogP contribution in [0.15, 0.2) is 47.6 Å². The average molecular weight is 411 g/mol. The maximum Gasteiger partial charge on any atom is 0.234 e. The molecule has 4 rings (SSSR count). The van der Waals surface area contributed by atoms with Crippen molar-refractivity contribution >= 4 is 34.4 Å². The number of carbonyl (C=O) groups excluding carboxylic acids is 1. The monoisotopic (exact) mass is 411 g/mol. The van der Waals surface area contributed by atoms with E-state index in [1.54, 1.807) is 6.92 Å². The second-order valence-electron chi connectivity index (χ2n) is 6.27. The first-order valence-electron chi connectivity index (χ1n) is 8.99. The van der Waals surface area contributed by atoms with Crippen molar-refractivity contribution in [2.75, 3.05) is 11.1 Å². The first-order chi connectivity index (χ1) is 14.1. The summed E-state index contributed by atoms with van der Waals surface area (Å²) >= 11 is 1.36. The molecule has 1 amide bonds. The van der Waals surface area contributed by atoms with Crippen molar-refractivity contribution < 1.29 is 9.18 Å². The van der Waals surface area contributed by atoms with Gasteiger partial charge in [-0.3, -0.25) is 4.79 Å². The van der Waals surface area contributed by atoms with Crippen molar-refractivity contribution in [1.29, 1.82) is 0 Å². The van der Waals surface area contributed by atoms with Crippen LogP contribution in [0.3, 0.4) is 0 Å². The quantitative estimate of drug-likeness (QED) is 0.490. The zero-order valence-corrected chi connectivity index (χ0v) is 16.6. The minimum atomic E-state index is -0.482. The molecule has 0 saturated carbocycles. The lowest BCUT2D eigenvalue weighted by Crippen LogP contribution is -2.15. The largest absolute Gasteiger partial charge is 0.325 e. The van der Waals surface area contributed by atoms with Gasteiger partial charge in [-0.05, 0) is 54.6 Å². The summed E-state index contributed by atoms with van der Waals surface area (Å²) in [5.41, 5.74) is 2.58.